The van der Waals surface area contributed by atoms with Crippen LogP contribution in [-0.4, -0.2) is 26.8 Å². The number of carbonyl (C=O) groups excluding carboxylic acids is 1. The molecule has 1 aromatic heterocycles. The first-order valence-electron chi connectivity index (χ1n) is 8.84. The van der Waals surface area contributed by atoms with Crippen molar-refractivity contribution in [1.29, 1.82) is 0 Å². The third kappa shape index (κ3) is 3.80. The molecular weight excluding hydrogens is 358 g/mol. The van der Waals surface area contributed by atoms with Crippen LogP contribution < -0.4 is 5.43 Å². The number of hydrogen-bond donors (Lipinski definition) is 1. The number of non-ortho nitro benzene ring substituents is 1. The smallest absolute Gasteiger partial charge is 0.269 e. The molecule has 8 nitrogen and oxygen atoms in total. The summed E-state index contributed by atoms with van der Waals surface area (Å²) >= 11 is 0. The van der Waals surface area contributed by atoms with Crippen LogP contribution >= 0.6 is 0 Å². The molecule has 1 N–H and O–H groups in total. The van der Waals surface area contributed by atoms with Gasteiger partial charge in [-0.1, -0.05) is 18.2 Å². The van der Waals surface area contributed by atoms with E-state index in [1.807, 2.05) is 30.3 Å². The van der Waals surface area contributed by atoms with E-state index in [0.717, 1.165) is 24.1 Å². The van der Waals surface area contributed by atoms with Gasteiger partial charge in [0, 0.05) is 35.4 Å². The van der Waals surface area contributed by atoms with E-state index in [0.29, 0.717) is 11.3 Å². The summed E-state index contributed by atoms with van der Waals surface area (Å²) in [4.78, 5) is 22.2. The fourth-order valence-electron chi connectivity index (χ4n) is 2.76. The monoisotopic (exact) mass is 375 g/mol. The Kier molecular flexibility index (Phi) is 4.67. The van der Waals surface area contributed by atoms with E-state index >= 15 is 0 Å². The molecule has 0 spiro atoms. The molecular formula is C20H17N5O3. The van der Waals surface area contributed by atoms with Crippen molar-refractivity contribution < 1.29 is 9.72 Å². The number of nitrogens with zero attached hydrogens (tertiary/aromatic N) is 4. The Labute approximate surface area is 160 Å². The first-order chi connectivity index (χ1) is 13.6. The molecule has 1 heterocycles. The van der Waals surface area contributed by atoms with E-state index in [2.05, 4.69) is 15.6 Å². The van der Waals surface area contributed by atoms with Gasteiger partial charge in [-0.25, -0.2) is 10.1 Å². The van der Waals surface area contributed by atoms with Crippen LogP contribution in [0.25, 0.3) is 16.9 Å². The van der Waals surface area contributed by atoms with Gasteiger partial charge >= 0.3 is 0 Å². The Morgan fingerprint density at radius 3 is 2.54 bits per heavy atom. The van der Waals surface area contributed by atoms with Crippen LogP contribution in [0.1, 0.15) is 18.4 Å². The van der Waals surface area contributed by atoms with Crippen molar-refractivity contribution in [2.24, 2.45) is 11.0 Å². The second-order valence-electron chi connectivity index (χ2n) is 6.53. The summed E-state index contributed by atoms with van der Waals surface area (Å²) in [6.07, 6.45) is 5.16. The average molecular weight is 375 g/mol. The van der Waals surface area contributed by atoms with Crippen molar-refractivity contribution in [2.75, 3.05) is 0 Å². The summed E-state index contributed by atoms with van der Waals surface area (Å²) in [5, 5.41) is 19.6. The number of nitro groups is 1. The highest BCUT2D eigenvalue weighted by molar-refractivity contribution is 5.90. The molecule has 0 radical (unpaired) electrons. The third-order valence-electron chi connectivity index (χ3n) is 4.44. The first-order valence-corrected chi connectivity index (χ1v) is 8.84. The lowest BCUT2D eigenvalue weighted by Gasteiger charge is -2.00. The van der Waals surface area contributed by atoms with Crippen LogP contribution in [0.4, 0.5) is 5.69 Å². The summed E-state index contributed by atoms with van der Waals surface area (Å²) in [6.45, 7) is 0. The molecule has 1 fully saturated rings. The van der Waals surface area contributed by atoms with Crippen molar-refractivity contribution >= 4 is 17.8 Å². The van der Waals surface area contributed by atoms with Gasteiger partial charge in [-0.15, -0.1) is 0 Å². The van der Waals surface area contributed by atoms with Crippen LogP contribution in [0.15, 0.2) is 65.9 Å². The van der Waals surface area contributed by atoms with Crippen molar-refractivity contribution in [3.63, 3.8) is 0 Å². The molecule has 0 aliphatic heterocycles. The third-order valence-corrected chi connectivity index (χ3v) is 4.44. The van der Waals surface area contributed by atoms with Crippen molar-refractivity contribution in [3.8, 4) is 16.9 Å². The zero-order chi connectivity index (χ0) is 19.5. The Balaban J connectivity index is 1.67. The molecule has 0 atom stereocenters. The summed E-state index contributed by atoms with van der Waals surface area (Å²) in [6, 6.07) is 15.7. The minimum atomic E-state index is -0.442. The maximum Gasteiger partial charge on any atom is 0.269 e. The molecule has 1 aliphatic rings. The van der Waals surface area contributed by atoms with E-state index in [9.17, 15) is 14.9 Å². The summed E-state index contributed by atoms with van der Waals surface area (Å²) in [5.41, 5.74) is 5.45. The van der Waals surface area contributed by atoms with Gasteiger partial charge in [0.2, 0.25) is 5.91 Å². The lowest BCUT2D eigenvalue weighted by Crippen LogP contribution is -2.18. The number of hydrogen-bond acceptors (Lipinski definition) is 5. The molecule has 0 bridgehead atoms. The zero-order valence-electron chi connectivity index (χ0n) is 14.9. The van der Waals surface area contributed by atoms with Crippen LogP contribution in [0, 0.1) is 16.0 Å². The molecule has 0 unspecified atom stereocenters. The molecule has 1 saturated carbocycles. The van der Waals surface area contributed by atoms with E-state index < -0.39 is 4.92 Å². The Morgan fingerprint density at radius 1 is 1.18 bits per heavy atom. The van der Waals surface area contributed by atoms with Gasteiger partial charge in [-0.2, -0.15) is 10.2 Å². The van der Waals surface area contributed by atoms with Crippen molar-refractivity contribution in [1.82, 2.24) is 15.2 Å². The summed E-state index contributed by atoms with van der Waals surface area (Å²) < 4.78 is 1.71. The topological polar surface area (TPSA) is 102 Å². The maximum absolute atomic E-state index is 11.8. The highest BCUT2D eigenvalue weighted by atomic mass is 16.6. The fraction of sp³-hybridized carbons (Fsp3) is 0.150. The minimum Gasteiger partial charge on any atom is -0.273 e. The largest absolute Gasteiger partial charge is 0.273 e. The highest BCUT2D eigenvalue weighted by Crippen LogP contribution is 2.29. The molecule has 0 saturated heterocycles. The number of carbonyl (C=O) groups is 1. The van der Waals surface area contributed by atoms with Crippen molar-refractivity contribution in [2.45, 2.75) is 12.8 Å². The molecule has 1 amide bonds. The minimum absolute atomic E-state index is 0.0122. The second-order valence-corrected chi connectivity index (χ2v) is 6.53. The predicted molar refractivity (Wildman–Crippen MR) is 104 cm³/mol. The Hall–Kier alpha value is -3.81. The van der Waals surface area contributed by atoms with Gasteiger partial charge in [0.15, 0.2) is 0 Å². The Morgan fingerprint density at radius 2 is 1.89 bits per heavy atom. The van der Waals surface area contributed by atoms with Crippen LogP contribution in [0.2, 0.25) is 0 Å². The van der Waals surface area contributed by atoms with Crippen LogP contribution in [0.5, 0.6) is 0 Å². The number of para-hydroxylation sites is 1. The maximum atomic E-state index is 11.8. The van der Waals surface area contributed by atoms with Gasteiger partial charge in [-0.05, 0) is 37.1 Å². The SMILES string of the molecule is O=C(N/N=C\c1cn(-c2ccccc2)nc1-c1ccc([N+](=O)[O-])cc1)C1CC1. The van der Waals surface area contributed by atoms with Gasteiger partial charge < -0.3 is 0 Å². The molecule has 3 aromatic rings. The summed E-state index contributed by atoms with van der Waals surface area (Å²) in [7, 11) is 0. The van der Waals surface area contributed by atoms with E-state index in [1.54, 1.807) is 29.2 Å². The second kappa shape index (κ2) is 7.43. The van der Waals surface area contributed by atoms with Crippen LogP contribution in [-0.2, 0) is 4.79 Å². The zero-order valence-corrected chi connectivity index (χ0v) is 14.9. The number of nitro benzene ring substituents is 1. The molecule has 1 aliphatic carbocycles. The molecule has 4 rings (SSSR count). The van der Waals surface area contributed by atoms with E-state index in [4.69, 9.17) is 0 Å². The van der Waals surface area contributed by atoms with E-state index in [1.165, 1.54) is 12.1 Å². The normalized spacial score (nSPS) is 13.6. The quantitative estimate of drug-likeness (QED) is 0.405. The van der Waals surface area contributed by atoms with Gasteiger partial charge in [0.1, 0.15) is 5.69 Å². The van der Waals surface area contributed by atoms with E-state index in [-0.39, 0.29) is 17.5 Å². The lowest BCUT2D eigenvalue weighted by molar-refractivity contribution is -0.384. The average Bonchev–Trinajstić information content (AvgIpc) is 3.49. The van der Waals surface area contributed by atoms with Gasteiger partial charge in [0.25, 0.3) is 5.69 Å². The summed E-state index contributed by atoms with van der Waals surface area (Å²) in [5.74, 6) is -0.0121. The standard InChI is InChI=1S/C20H17N5O3/c26-20(15-6-7-15)22-21-12-16-13-24(17-4-2-1-3-5-17)23-19(16)14-8-10-18(11-9-14)25(27)28/h1-5,8-13,15H,6-7H2,(H,22,26)/b21-12-. The lowest BCUT2D eigenvalue weighted by atomic mass is 10.1. The molecule has 28 heavy (non-hydrogen) atoms. The van der Waals surface area contributed by atoms with Crippen LogP contribution in [0.3, 0.4) is 0 Å². The highest BCUT2D eigenvalue weighted by Gasteiger charge is 2.29. The predicted octanol–water partition coefficient (Wildman–Crippen LogP) is 3.31. The van der Waals surface area contributed by atoms with Crippen molar-refractivity contribution in [3.05, 3.63) is 76.5 Å². The number of aromatic nitrogens is 2. The Bertz CT molecular complexity index is 1040. The number of rotatable bonds is 6. The fourth-order valence-corrected chi connectivity index (χ4v) is 2.76. The number of hydrazone groups is 1. The first kappa shape index (κ1) is 17.6. The number of nitrogens with one attached hydrogen (secondary N) is 1. The van der Waals surface area contributed by atoms with Gasteiger partial charge in [-0.3, -0.25) is 14.9 Å². The number of benzene rings is 2. The number of amides is 1. The van der Waals surface area contributed by atoms with Gasteiger partial charge in [0.05, 0.1) is 16.8 Å². The molecule has 140 valence electrons. The molecule has 8 heteroatoms. The molecule has 2 aromatic carbocycles.